The highest BCUT2D eigenvalue weighted by Crippen LogP contribution is 2.20. The summed E-state index contributed by atoms with van der Waals surface area (Å²) in [4.78, 5) is 14.1. The van der Waals surface area contributed by atoms with Crippen molar-refractivity contribution in [3.05, 3.63) is 58.5 Å². The number of nitrogens with zero attached hydrogens (tertiary/aromatic N) is 1. The van der Waals surface area contributed by atoms with E-state index in [1.165, 1.54) is 0 Å². The van der Waals surface area contributed by atoms with Crippen LogP contribution >= 0.6 is 24.0 Å². The van der Waals surface area contributed by atoms with Gasteiger partial charge in [0.25, 0.3) is 0 Å². The molecule has 1 aromatic carbocycles. The quantitative estimate of drug-likeness (QED) is 0.859. The van der Waals surface area contributed by atoms with E-state index < -0.39 is 0 Å². The highest BCUT2D eigenvalue weighted by Gasteiger charge is 2.18. The van der Waals surface area contributed by atoms with Crippen molar-refractivity contribution in [2.45, 2.75) is 19.4 Å². The number of hydrogen-bond donors (Lipinski definition) is 1. The van der Waals surface area contributed by atoms with Crippen LogP contribution in [0.15, 0.2) is 40.8 Å². The highest BCUT2D eigenvalue weighted by atomic mass is 35.5. The second-order valence-electron chi connectivity index (χ2n) is 5.54. The third-order valence-electron chi connectivity index (χ3n) is 3.48. The number of rotatable bonds is 6. The summed E-state index contributed by atoms with van der Waals surface area (Å²) in [5.74, 6) is 1.71. The van der Waals surface area contributed by atoms with Gasteiger partial charge in [-0.1, -0.05) is 23.7 Å². The molecule has 6 heteroatoms. The zero-order valence-electron chi connectivity index (χ0n) is 13.5. The van der Waals surface area contributed by atoms with Gasteiger partial charge in [0.2, 0.25) is 5.91 Å². The summed E-state index contributed by atoms with van der Waals surface area (Å²) in [5.41, 5.74) is 0.942. The van der Waals surface area contributed by atoms with Gasteiger partial charge >= 0.3 is 0 Å². The van der Waals surface area contributed by atoms with Crippen molar-refractivity contribution in [1.82, 2.24) is 10.2 Å². The normalized spacial score (nSPS) is 11.9. The number of benzene rings is 1. The van der Waals surface area contributed by atoms with Crippen LogP contribution in [0.5, 0.6) is 0 Å². The molecule has 126 valence electrons. The molecule has 1 amide bonds. The largest absolute Gasteiger partial charge is 0.465 e. The van der Waals surface area contributed by atoms with E-state index in [9.17, 15) is 4.79 Å². The highest BCUT2D eigenvalue weighted by molar-refractivity contribution is 6.30. The molecule has 2 aromatic rings. The zero-order chi connectivity index (χ0) is 16.1. The van der Waals surface area contributed by atoms with E-state index in [1.54, 1.807) is 12.1 Å². The molecule has 2 rings (SSSR count). The first-order chi connectivity index (χ1) is 10.5. The van der Waals surface area contributed by atoms with Gasteiger partial charge in [-0.15, -0.1) is 12.4 Å². The van der Waals surface area contributed by atoms with E-state index in [1.807, 2.05) is 50.2 Å². The predicted octanol–water partition coefficient (Wildman–Crippen LogP) is 3.62. The molecule has 23 heavy (non-hydrogen) atoms. The Morgan fingerprint density at radius 1 is 1.22 bits per heavy atom. The monoisotopic (exact) mass is 356 g/mol. The number of amides is 1. The smallest absolute Gasteiger partial charge is 0.224 e. The standard InChI is InChI=1S/C17H21ClN2O2.ClH/c1-12-4-9-16(22-12)15(20(2)3)11-19-17(21)10-13-5-7-14(18)8-6-13;/h4-9,15H,10-11H2,1-3H3,(H,19,21);1H. The van der Waals surface area contributed by atoms with Crippen molar-refractivity contribution < 1.29 is 9.21 Å². The predicted molar refractivity (Wildman–Crippen MR) is 95.3 cm³/mol. The summed E-state index contributed by atoms with van der Waals surface area (Å²) < 4.78 is 5.66. The Kier molecular flexibility index (Phi) is 7.62. The van der Waals surface area contributed by atoms with Gasteiger partial charge in [0.1, 0.15) is 11.5 Å². The number of carbonyl (C=O) groups is 1. The summed E-state index contributed by atoms with van der Waals surface area (Å²) in [5, 5.41) is 3.63. The molecule has 0 aliphatic rings. The number of furan rings is 1. The fourth-order valence-electron chi connectivity index (χ4n) is 2.23. The van der Waals surface area contributed by atoms with Crippen molar-refractivity contribution in [3.8, 4) is 0 Å². The fourth-order valence-corrected chi connectivity index (χ4v) is 2.36. The summed E-state index contributed by atoms with van der Waals surface area (Å²) in [6.07, 6.45) is 0.342. The fraction of sp³-hybridized carbons (Fsp3) is 0.353. The van der Waals surface area contributed by atoms with E-state index in [0.717, 1.165) is 17.1 Å². The minimum atomic E-state index is -0.0162. The molecule has 1 N–H and O–H groups in total. The van der Waals surface area contributed by atoms with Crippen LogP contribution < -0.4 is 5.32 Å². The molecule has 1 heterocycles. The van der Waals surface area contributed by atoms with E-state index >= 15 is 0 Å². The maximum atomic E-state index is 12.1. The van der Waals surface area contributed by atoms with Crippen LogP contribution in [0.25, 0.3) is 0 Å². The molecule has 0 aliphatic heterocycles. The Morgan fingerprint density at radius 2 is 1.87 bits per heavy atom. The minimum absolute atomic E-state index is 0. The van der Waals surface area contributed by atoms with Gasteiger partial charge < -0.3 is 9.73 Å². The summed E-state index contributed by atoms with van der Waals surface area (Å²) in [6.45, 7) is 2.42. The van der Waals surface area contributed by atoms with Crippen molar-refractivity contribution in [2.24, 2.45) is 0 Å². The lowest BCUT2D eigenvalue weighted by atomic mass is 10.1. The van der Waals surface area contributed by atoms with E-state index in [4.69, 9.17) is 16.0 Å². The Bertz CT molecular complexity index is 624. The topological polar surface area (TPSA) is 45.5 Å². The number of aryl methyl sites for hydroxylation is 1. The van der Waals surface area contributed by atoms with Crippen molar-refractivity contribution >= 4 is 29.9 Å². The van der Waals surface area contributed by atoms with E-state index in [-0.39, 0.29) is 24.4 Å². The first kappa shape index (κ1) is 19.6. The molecular weight excluding hydrogens is 335 g/mol. The molecule has 1 atom stereocenters. The number of hydrogen-bond acceptors (Lipinski definition) is 3. The lowest BCUT2D eigenvalue weighted by Crippen LogP contribution is -2.35. The van der Waals surface area contributed by atoms with Gasteiger partial charge in [-0.25, -0.2) is 0 Å². The average molecular weight is 357 g/mol. The van der Waals surface area contributed by atoms with Crippen LogP contribution in [0.4, 0.5) is 0 Å². The number of carbonyl (C=O) groups excluding carboxylic acids is 1. The molecule has 0 saturated carbocycles. The summed E-state index contributed by atoms with van der Waals surface area (Å²) in [6, 6.07) is 11.2. The van der Waals surface area contributed by atoms with Crippen LogP contribution in [-0.2, 0) is 11.2 Å². The second kappa shape index (κ2) is 8.96. The molecular formula is C17H22Cl2N2O2. The first-order valence-corrected chi connectivity index (χ1v) is 7.57. The number of halogens is 2. The van der Waals surface area contributed by atoms with Gasteiger partial charge in [0.05, 0.1) is 12.5 Å². The number of nitrogens with one attached hydrogen (secondary N) is 1. The van der Waals surface area contributed by atoms with Crippen LogP contribution in [-0.4, -0.2) is 31.4 Å². The van der Waals surface area contributed by atoms with Crippen LogP contribution in [0, 0.1) is 6.92 Å². The third kappa shape index (κ3) is 5.90. The van der Waals surface area contributed by atoms with Gasteiger partial charge in [-0.05, 0) is 50.8 Å². The minimum Gasteiger partial charge on any atom is -0.465 e. The van der Waals surface area contributed by atoms with Crippen molar-refractivity contribution in [3.63, 3.8) is 0 Å². The third-order valence-corrected chi connectivity index (χ3v) is 3.74. The van der Waals surface area contributed by atoms with Gasteiger partial charge in [0.15, 0.2) is 0 Å². The maximum Gasteiger partial charge on any atom is 0.224 e. The van der Waals surface area contributed by atoms with Gasteiger partial charge in [-0.3, -0.25) is 9.69 Å². The molecule has 4 nitrogen and oxygen atoms in total. The molecule has 0 saturated heterocycles. The lowest BCUT2D eigenvalue weighted by molar-refractivity contribution is -0.120. The van der Waals surface area contributed by atoms with E-state index in [0.29, 0.717) is 18.0 Å². The Hall–Kier alpha value is -1.49. The zero-order valence-corrected chi connectivity index (χ0v) is 15.1. The molecule has 0 fully saturated rings. The molecule has 0 aliphatic carbocycles. The van der Waals surface area contributed by atoms with Crippen LogP contribution in [0.2, 0.25) is 5.02 Å². The molecule has 1 unspecified atom stereocenters. The number of likely N-dealkylation sites (N-methyl/N-ethyl adjacent to an activating group) is 1. The maximum absolute atomic E-state index is 12.1. The average Bonchev–Trinajstić information content (AvgIpc) is 2.87. The van der Waals surface area contributed by atoms with Crippen LogP contribution in [0.3, 0.4) is 0 Å². The Balaban J connectivity index is 0.00000264. The first-order valence-electron chi connectivity index (χ1n) is 7.19. The Labute approximate surface area is 148 Å². The second-order valence-corrected chi connectivity index (χ2v) is 5.97. The molecule has 0 bridgehead atoms. The SMILES string of the molecule is Cc1ccc(C(CNC(=O)Cc2ccc(Cl)cc2)N(C)C)o1.Cl. The molecule has 0 radical (unpaired) electrons. The lowest BCUT2D eigenvalue weighted by Gasteiger charge is -2.22. The van der Waals surface area contributed by atoms with Gasteiger partial charge in [-0.2, -0.15) is 0 Å². The van der Waals surface area contributed by atoms with Crippen molar-refractivity contribution in [1.29, 1.82) is 0 Å². The van der Waals surface area contributed by atoms with Crippen molar-refractivity contribution in [2.75, 3.05) is 20.6 Å². The summed E-state index contributed by atoms with van der Waals surface area (Å²) >= 11 is 5.84. The molecule has 0 spiro atoms. The summed E-state index contributed by atoms with van der Waals surface area (Å²) in [7, 11) is 3.93. The van der Waals surface area contributed by atoms with E-state index in [2.05, 4.69) is 5.32 Å². The van der Waals surface area contributed by atoms with Gasteiger partial charge in [0, 0.05) is 11.6 Å². The Morgan fingerprint density at radius 3 is 2.39 bits per heavy atom. The molecule has 1 aromatic heterocycles. The van der Waals surface area contributed by atoms with Crippen LogP contribution in [0.1, 0.15) is 23.1 Å².